The molecule has 4 fully saturated rings. The summed E-state index contributed by atoms with van der Waals surface area (Å²) in [6.45, 7) is 10.7. The summed E-state index contributed by atoms with van der Waals surface area (Å²) < 4.78 is 4.91. The fourth-order valence-electron chi connectivity index (χ4n) is 9.39. The highest BCUT2D eigenvalue weighted by atomic mass is 16.7. The molecule has 1 N–H and O–H groups in total. The topological polar surface area (TPSA) is 97.3 Å². The van der Waals surface area contributed by atoms with Gasteiger partial charge in [-0.15, -0.1) is 0 Å². The minimum Gasteiger partial charge on any atom is -0.446 e. The molecule has 8 nitrogen and oxygen atoms in total. The van der Waals surface area contributed by atoms with Gasteiger partial charge in [-0.25, -0.2) is 4.79 Å². The number of nitrogens with one attached hydrogen (secondary N) is 1. The summed E-state index contributed by atoms with van der Waals surface area (Å²) >= 11 is 0. The lowest BCUT2D eigenvalue weighted by molar-refractivity contribution is -0.132. The number of rotatable bonds is 8. The molecule has 216 valence electrons. The van der Waals surface area contributed by atoms with E-state index >= 15 is 0 Å². The van der Waals surface area contributed by atoms with E-state index in [0.717, 1.165) is 50.8 Å². The molecule has 1 amide bonds. The van der Waals surface area contributed by atoms with Gasteiger partial charge in [0.25, 0.3) is 6.47 Å². The van der Waals surface area contributed by atoms with Crippen LogP contribution in [0.15, 0.2) is 16.8 Å². The van der Waals surface area contributed by atoms with E-state index in [2.05, 4.69) is 31.2 Å². The van der Waals surface area contributed by atoms with Gasteiger partial charge in [-0.05, 0) is 112 Å². The van der Waals surface area contributed by atoms with Crippen LogP contribution in [-0.2, 0) is 19.2 Å². The summed E-state index contributed by atoms with van der Waals surface area (Å²) in [5.74, 6) is 3.12. The molecule has 0 radical (unpaired) electrons. The van der Waals surface area contributed by atoms with E-state index in [1.165, 1.54) is 29.7 Å². The molecule has 5 aliphatic rings. The molecule has 0 spiro atoms. The van der Waals surface area contributed by atoms with Crippen molar-refractivity contribution in [2.45, 2.75) is 97.9 Å². The first-order chi connectivity index (χ1) is 18.7. The molecule has 39 heavy (non-hydrogen) atoms. The highest BCUT2D eigenvalue weighted by Crippen LogP contribution is 2.66. The molecule has 0 aromatic rings. The van der Waals surface area contributed by atoms with Gasteiger partial charge in [0.05, 0.1) is 5.71 Å². The lowest BCUT2D eigenvalue weighted by atomic mass is 9.46. The number of oxime groups is 1. The fourth-order valence-corrected chi connectivity index (χ4v) is 9.39. The molecule has 1 saturated heterocycles. The molecule has 8 atom stereocenters. The maximum atomic E-state index is 12.9. The number of carbonyl (C=O) groups is 3. The normalized spacial score (nSPS) is 39.7. The fraction of sp³-hybridized carbons (Fsp3) is 0.806. The van der Waals surface area contributed by atoms with Gasteiger partial charge in [-0.2, -0.15) is 0 Å². The summed E-state index contributed by atoms with van der Waals surface area (Å²) in [7, 11) is 0. The smallest absolute Gasteiger partial charge is 0.438 e. The highest BCUT2D eigenvalue weighted by Gasteiger charge is 2.59. The van der Waals surface area contributed by atoms with E-state index in [4.69, 9.17) is 9.57 Å². The van der Waals surface area contributed by atoms with Gasteiger partial charge in [0.1, 0.15) is 0 Å². The average Bonchev–Trinajstić information content (AvgIpc) is 3.49. The van der Waals surface area contributed by atoms with Crippen LogP contribution < -0.4 is 5.32 Å². The third-order valence-electron chi connectivity index (χ3n) is 11.7. The van der Waals surface area contributed by atoms with Gasteiger partial charge in [0.2, 0.25) is 0 Å². The monoisotopic (exact) mass is 541 g/mol. The van der Waals surface area contributed by atoms with Gasteiger partial charge in [0.15, 0.2) is 12.5 Å². The summed E-state index contributed by atoms with van der Waals surface area (Å²) in [4.78, 5) is 42.8. The molecule has 0 aromatic heterocycles. The summed E-state index contributed by atoms with van der Waals surface area (Å²) in [6.07, 6.45) is 11.8. The number of carbonyl (C=O) groups excluding carboxylic acids is 3. The molecule has 3 saturated carbocycles. The first-order valence-electron chi connectivity index (χ1n) is 15.2. The first kappa shape index (κ1) is 28.3. The Morgan fingerprint density at radius 3 is 2.72 bits per heavy atom. The van der Waals surface area contributed by atoms with E-state index < -0.39 is 6.09 Å². The van der Waals surface area contributed by atoms with Gasteiger partial charge < -0.3 is 10.1 Å². The van der Waals surface area contributed by atoms with Crippen LogP contribution in [0.1, 0.15) is 91.9 Å². The molecule has 2 unspecified atom stereocenters. The Balaban J connectivity index is 1.23. The average molecular weight is 542 g/mol. The number of fused-ring (bicyclic) bond motifs is 5. The number of nitrogens with zero attached hydrogens (tertiary/aromatic N) is 2. The van der Waals surface area contributed by atoms with Crippen molar-refractivity contribution in [2.24, 2.45) is 45.6 Å². The van der Waals surface area contributed by atoms with Crippen LogP contribution in [0.3, 0.4) is 0 Å². The zero-order valence-corrected chi connectivity index (χ0v) is 24.2. The zero-order chi connectivity index (χ0) is 27.8. The standard InChI is InChI=1S/C31H47N3O5/c1-20-11-15-32-28(20)12-16-34(18-38-19-35)29(37)39-33-21(2)25-7-8-26-24-6-5-22-17-23(36)9-13-30(22,3)27(24)10-14-31(25,26)4/h17,19-20,24-28,32H,5-16,18H2,1-4H3/b33-21+/t20?,24-,25+,26-,27-,28?,30-,31+/m0/s1. The molecular formula is C31H47N3O5. The molecule has 8 heteroatoms. The molecule has 0 bridgehead atoms. The van der Waals surface area contributed by atoms with E-state index in [9.17, 15) is 14.4 Å². The van der Waals surface area contributed by atoms with E-state index in [1.807, 2.05) is 13.0 Å². The summed E-state index contributed by atoms with van der Waals surface area (Å²) in [5, 5.41) is 7.86. The van der Waals surface area contributed by atoms with E-state index in [-0.39, 0.29) is 23.5 Å². The Kier molecular flexibility index (Phi) is 8.23. The van der Waals surface area contributed by atoms with E-state index in [0.29, 0.717) is 54.9 Å². The van der Waals surface area contributed by atoms with Crippen LogP contribution in [0.2, 0.25) is 0 Å². The third-order valence-corrected chi connectivity index (χ3v) is 11.7. The third kappa shape index (κ3) is 5.30. The van der Waals surface area contributed by atoms with Crippen molar-refractivity contribution in [3.63, 3.8) is 0 Å². The quantitative estimate of drug-likeness (QED) is 0.144. The molecule has 0 aromatic carbocycles. The molecular weight excluding hydrogens is 494 g/mol. The van der Waals surface area contributed by atoms with Gasteiger partial charge in [0, 0.05) is 24.9 Å². The zero-order valence-electron chi connectivity index (χ0n) is 24.2. The SMILES string of the molecule is C/C(=N\OC(=O)N(CCC1NCCC1C)COC=O)[C@H]1CC[C@H]2[C@@H]3CCC4=CC(=O)CC[C@]4(C)[C@H]3CC[C@]12C. The largest absolute Gasteiger partial charge is 0.446 e. The number of ketones is 1. The van der Waals surface area contributed by atoms with Crippen molar-refractivity contribution in [1.29, 1.82) is 0 Å². The number of ether oxygens (including phenoxy) is 1. The van der Waals surface area contributed by atoms with Crippen LogP contribution in [-0.4, -0.2) is 54.8 Å². The Hall–Kier alpha value is -2.22. The van der Waals surface area contributed by atoms with Gasteiger partial charge >= 0.3 is 6.09 Å². The van der Waals surface area contributed by atoms with E-state index in [1.54, 1.807) is 0 Å². The minimum absolute atomic E-state index is 0.134. The second-order valence-electron chi connectivity index (χ2n) is 13.5. The number of hydrogen-bond acceptors (Lipinski definition) is 7. The number of allylic oxidation sites excluding steroid dienone is 1. The van der Waals surface area contributed by atoms with Crippen molar-refractivity contribution >= 4 is 24.1 Å². The van der Waals surface area contributed by atoms with Crippen molar-refractivity contribution in [2.75, 3.05) is 19.8 Å². The lowest BCUT2D eigenvalue weighted by Gasteiger charge is -2.58. The van der Waals surface area contributed by atoms with Crippen LogP contribution in [0.5, 0.6) is 0 Å². The van der Waals surface area contributed by atoms with Crippen molar-refractivity contribution in [1.82, 2.24) is 10.2 Å². The maximum Gasteiger partial charge on any atom is 0.438 e. The Morgan fingerprint density at radius 2 is 1.97 bits per heavy atom. The van der Waals surface area contributed by atoms with Crippen molar-refractivity contribution in [3.05, 3.63) is 11.6 Å². The second-order valence-corrected chi connectivity index (χ2v) is 13.5. The van der Waals surface area contributed by atoms with Gasteiger partial charge in [-0.3, -0.25) is 19.3 Å². The predicted octanol–water partition coefficient (Wildman–Crippen LogP) is 5.47. The summed E-state index contributed by atoms with van der Waals surface area (Å²) in [6, 6.07) is 0.343. The Morgan fingerprint density at radius 1 is 1.15 bits per heavy atom. The first-order valence-corrected chi connectivity index (χ1v) is 15.2. The maximum absolute atomic E-state index is 12.9. The molecule has 5 rings (SSSR count). The molecule has 1 heterocycles. The highest BCUT2D eigenvalue weighted by molar-refractivity contribution is 5.91. The van der Waals surface area contributed by atoms with Crippen LogP contribution >= 0.6 is 0 Å². The Labute approximate surface area is 233 Å². The van der Waals surface area contributed by atoms with Crippen LogP contribution in [0.25, 0.3) is 0 Å². The van der Waals surface area contributed by atoms with Crippen molar-refractivity contribution < 1.29 is 24.0 Å². The molecule has 4 aliphatic carbocycles. The van der Waals surface area contributed by atoms with Crippen LogP contribution in [0, 0.1) is 40.4 Å². The number of hydrogen-bond donors (Lipinski definition) is 1. The van der Waals surface area contributed by atoms with Crippen LogP contribution in [0.4, 0.5) is 4.79 Å². The predicted molar refractivity (Wildman–Crippen MR) is 149 cm³/mol. The second kappa shape index (κ2) is 11.3. The minimum atomic E-state index is -0.573. The van der Waals surface area contributed by atoms with Gasteiger partial charge in [-0.1, -0.05) is 31.5 Å². The lowest BCUT2D eigenvalue weighted by Crippen LogP contribution is -2.51. The molecule has 1 aliphatic heterocycles. The number of amides is 1. The van der Waals surface area contributed by atoms with Crippen molar-refractivity contribution in [3.8, 4) is 0 Å². The summed E-state index contributed by atoms with van der Waals surface area (Å²) in [5.41, 5.74) is 2.62. The Bertz CT molecular complexity index is 1030.